The van der Waals surface area contributed by atoms with Crippen molar-refractivity contribution in [1.82, 2.24) is 0 Å². The molecule has 0 aromatic rings. The molecule has 0 heterocycles. The summed E-state index contributed by atoms with van der Waals surface area (Å²) in [5.74, 6) is 0. The van der Waals surface area contributed by atoms with Crippen LogP contribution in [0.3, 0.4) is 0 Å². The summed E-state index contributed by atoms with van der Waals surface area (Å²) < 4.78 is 11.6. The minimum Gasteiger partial charge on any atom is -0.322 e. The Morgan fingerprint density at radius 1 is 1.33 bits per heavy atom. The Morgan fingerprint density at radius 3 is 1.50 bits per heavy atom. The van der Waals surface area contributed by atoms with E-state index < -0.39 is 9.85 Å². The summed E-state index contributed by atoms with van der Waals surface area (Å²) in [6.45, 7) is 5.79. The first-order valence-electron chi connectivity index (χ1n) is 2.12. The molecule has 0 aliphatic heterocycles. The molecule has 0 aromatic carbocycles. The maximum Gasteiger partial charge on any atom is 0.221 e. The van der Waals surface area contributed by atoms with Gasteiger partial charge in [-0.2, -0.15) is 0 Å². The van der Waals surface area contributed by atoms with Crippen LogP contribution in [-0.2, 0) is 0 Å². The van der Waals surface area contributed by atoms with E-state index in [0.717, 1.165) is 0 Å². The van der Waals surface area contributed by atoms with Crippen molar-refractivity contribution in [1.29, 1.82) is 0 Å². The molecule has 0 rings (SSSR count). The number of halogens is 1. The van der Waals surface area contributed by atoms with Crippen LogP contribution in [0.1, 0.15) is 20.8 Å². The van der Waals surface area contributed by atoms with Crippen LogP contribution in [0.2, 0.25) is 5.04 Å². The summed E-state index contributed by atoms with van der Waals surface area (Å²) in [6, 6.07) is 0. The van der Waals surface area contributed by atoms with Gasteiger partial charge in [0.1, 0.15) is 0 Å². The fourth-order valence-electron chi connectivity index (χ4n) is 0. The normalized spacial score (nSPS) is 14.0. The third kappa shape index (κ3) is 4.15. The van der Waals surface area contributed by atoms with Gasteiger partial charge in [-0.3, -0.25) is 0 Å². The molecule has 6 heavy (non-hydrogen) atoms. The van der Waals surface area contributed by atoms with Crippen LogP contribution >= 0.6 is 0 Å². The van der Waals surface area contributed by atoms with Crippen LogP contribution in [0.25, 0.3) is 0 Å². The lowest BCUT2D eigenvalue weighted by molar-refractivity contribution is 0.681. The molecular weight excluding hydrogens is 95.1 g/mol. The molecule has 0 radical (unpaired) electrons. The van der Waals surface area contributed by atoms with Crippen LogP contribution in [0, 0.1) is 0 Å². The molecule has 0 saturated carbocycles. The highest BCUT2D eigenvalue weighted by Crippen LogP contribution is 2.19. The van der Waals surface area contributed by atoms with Gasteiger partial charge in [0, 0.05) is 0 Å². The van der Waals surface area contributed by atoms with Gasteiger partial charge in [0.05, 0.1) is 0 Å². The van der Waals surface area contributed by atoms with E-state index in [2.05, 4.69) is 0 Å². The molecule has 0 aliphatic rings. The minimum atomic E-state index is -1.25. The number of hydrogen-bond acceptors (Lipinski definition) is 0. The molecule has 0 unspecified atom stereocenters. The predicted octanol–water partition coefficient (Wildman–Crippen LogP) is 1.26. The predicted molar refractivity (Wildman–Crippen MR) is 29.4 cm³/mol. The van der Waals surface area contributed by atoms with Crippen molar-refractivity contribution in [2.45, 2.75) is 25.8 Å². The van der Waals surface area contributed by atoms with Crippen LogP contribution < -0.4 is 0 Å². The van der Waals surface area contributed by atoms with Gasteiger partial charge in [-0.1, -0.05) is 20.8 Å². The summed E-state index contributed by atoms with van der Waals surface area (Å²) >= 11 is 0. The molecule has 0 saturated heterocycles. The molecule has 2 heteroatoms. The van der Waals surface area contributed by atoms with Crippen molar-refractivity contribution in [3.63, 3.8) is 0 Å². The molecule has 0 aliphatic carbocycles. The van der Waals surface area contributed by atoms with Gasteiger partial charge >= 0.3 is 0 Å². The summed E-state index contributed by atoms with van der Waals surface area (Å²) in [6.07, 6.45) is 0. The third-order valence-corrected chi connectivity index (χ3v) is 1.20. The van der Waals surface area contributed by atoms with E-state index >= 15 is 0 Å². The largest absolute Gasteiger partial charge is 0.322 e. The van der Waals surface area contributed by atoms with Gasteiger partial charge < -0.3 is 4.11 Å². The van der Waals surface area contributed by atoms with Gasteiger partial charge in [-0.15, -0.1) is 0 Å². The zero-order valence-corrected chi connectivity index (χ0v) is 6.00. The second-order valence-electron chi connectivity index (χ2n) is 2.69. The Kier molecular flexibility index (Phi) is 1.78. The van der Waals surface area contributed by atoms with Crippen LogP contribution in [-0.4, -0.2) is 9.85 Å². The van der Waals surface area contributed by atoms with Gasteiger partial charge in [0.25, 0.3) is 0 Å². The van der Waals surface area contributed by atoms with Gasteiger partial charge in [-0.25, -0.2) is 0 Å². The highest BCUT2D eigenvalue weighted by Gasteiger charge is 2.08. The van der Waals surface area contributed by atoms with E-state index in [0.29, 0.717) is 0 Å². The maximum absolute atomic E-state index is 11.6. The minimum absolute atomic E-state index is 0.0139. The number of hydrogen-bond donors (Lipinski definition) is 0. The second kappa shape index (κ2) is 1.73. The van der Waals surface area contributed by atoms with Gasteiger partial charge in [0.2, 0.25) is 9.85 Å². The molecule has 0 atom stereocenters. The zero-order chi connectivity index (χ0) is 5.21. The standard InChI is InChI=1S/C4H11FSi/c1-4(2,3)6-5/h6H2,1-3H3. The lowest BCUT2D eigenvalue weighted by atomic mass is 10.3. The first-order chi connectivity index (χ1) is 2.56. The molecule has 0 N–H and O–H groups in total. The Balaban J connectivity index is 3.17. The van der Waals surface area contributed by atoms with Crippen molar-refractivity contribution in [2.75, 3.05) is 0 Å². The highest BCUT2D eigenvalue weighted by molar-refractivity contribution is 6.30. The van der Waals surface area contributed by atoms with Crippen LogP contribution in [0.4, 0.5) is 4.11 Å². The molecular formula is C4H11FSi. The summed E-state index contributed by atoms with van der Waals surface area (Å²) in [7, 11) is -1.25. The maximum atomic E-state index is 11.6. The Labute approximate surface area is 40.7 Å². The first kappa shape index (κ1) is 6.15. The van der Waals surface area contributed by atoms with Gasteiger partial charge in [-0.05, 0) is 5.04 Å². The Bertz CT molecular complexity index is 37.3. The van der Waals surface area contributed by atoms with Crippen LogP contribution in [0.15, 0.2) is 0 Å². The van der Waals surface area contributed by atoms with Crippen molar-refractivity contribution in [3.05, 3.63) is 0 Å². The average molecular weight is 106 g/mol. The molecule has 0 spiro atoms. The molecule has 38 valence electrons. The van der Waals surface area contributed by atoms with E-state index in [1.165, 1.54) is 0 Å². The molecule has 0 amide bonds. The molecule has 0 bridgehead atoms. The molecule has 0 nitrogen and oxygen atoms in total. The summed E-state index contributed by atoms with van der Waals surface area (Å²) in [4.78, 5) is 0. The summed E-state index contributed by atoms with van der Waals surface area (Å²) in [5.41, 5.74) is 0. The van der Waals surface area contributed by atoms with Crippen molar-refractivity contribution >= 4 is 9.85 Å². The molecule has 0 aromatic heterocycles. The van der Waals surface area contributed by atoms with Crippen molar-refractivity contribution < 1.29 is 4.11 Å². The van der Waals surface area contributed by atoms with E-state index in [4.69, 9.17) is 0 Å². The zero-order valence-electron chi connectivity index (χ0n) is 4.59. The number of rotatable bonds is 0. The molecule has 0 fully saturated rings. The van der Waals surface area contributed by atoms with E-state index in [1.807, 2.05) is 20.8 Å². The van der Waals surface area contributed by atoms with Gasteiger partial charge in [0.15, 0.2) is 0 Å². The Hall–Kier alpha value is 0.147. The van der Waals surface area contributed by atoms with Crippen LogP contribution in [0.5, 0.6) is 0 Å². The van der Waals surface area contributed by atoms with E-state index in [-0.39, 0.29) is 5.04 Å². The smallest absolute Gasteiger partial charge is 0.221 e. The summed E-state index contributed by atoms with van der Waals surface area (Å²) in [5, 5.41) is 0.0139. The van der Waals surface area contributed by atoms with Crippen molar-refractivity contribution in [2.24, 2.45) is 0 Å². The van der Waals surface area contributed by atoms with E-state index in [1.54, 1.807) is 0 Å². The average Bonchev–Trinajstić information content (AvgIpc) is 1.35. The fraction of sp³-hybridized carbons (Fsp3) is 1.00. The first-order valence-corrected chi connectivity index (χ1v) is 3.36. The quantitative estimate of drug-likeness (QED) is 0.322. The monoisotopic (exact) mass is 106 g/mol. The fourth-order valence-corrected chi connectivity index (χ4v) is 0. The highest BCUT2D eigenvalue weighted by atomic mass is 28.3. The lowest BCUT2D eigenvalue weighted by Gasteiger charge is -2.08. The van der Waals surface area contributed by atoms with E-state index in [9.17, 15) is 4.11 Å². The SMILES string of the molecule is CC(C)(C)[SiH2]F. The van der Waals surface area contributed by atoms with Crippen molar-refractivity contribution in [3.8, 4) is 0 Å². The lowest BCUT2D eigenvalue weighted by Crippen LogP contribution is -2.00. The third-order valence-electron chi connectivity index (χ3n) is 0.401. The topological polar surface area (TPSA) is 0 Å². The Morgan fingerprint density at radius 2 is 1.50 bits per heavy atom. The second-order valence-corrected chi connectivity index (χ2v) is 5.08.